The quantitative estimate of drug-likeness (QED) is 0.860. The molecule has 5 heteroatoms. The molecule has 1 unspecified atom stereocenters. The predicted molar refractivity (Wildman–Crippen MR) is 69.3 cm³/mol. The lowest BCUT2D eigenvalue weighted by atomic mass is 10.1. The van der Waals surface area contributed by atoms with E-state index in [4.69, 9.17) is 5.73 Å². The highest BCUT2D eigenvalue weighted by Gasteiger charge is 2.04. The molecule has 0 aliphatic heterocycles. The van der Waals surface area contributed by atoms with Crippen LogP contribution in [-0.2, 0) is 0 Å². The lowest BCUT2D eigenvalue weighted by molar-refractivity contribution is 0.187. The Hall–Kier alpha value is -0.480. The van der Waals surface area contributed by atoms with Crippen molar-refractivity contribution in [2.75, 3.05) is 25.5 Å². The molecule has 3 nitrogen and oxygen atoms in total. The van der Waals surface area contributed by atoms with Crippen molar-refractivity contribution in [3.63, 3.8) is 0 Å². The van der Waals surface area contributed by atoms with Crippen molar-refractivity contribution in [2.45, 2.75) is 6.10 Å². The molecule has 88 valence electrons. The number of nitrogens with zero attached hydrogens (tertiary/aromatic N) is 1. The summed E-state index contributed by atoms with van der Waals surface area (Å²) in [4.78, 5) is 2.01. The summed E-state index contributed by atoms with van der Waals surface area (Å²) in [6, 6.07) is 7.72. The monoisotopic (exact) mass is 252 g/mol. The van der Waals surface area contributed by atoms with Crippen LogP contribution in [0, 0.1) is 0 Å². The van der Waals surface area contributed by atoms with Gasteiger partial charge in [0.25, 0.3) is 0 Å². The highest BCUT2D eigenvalue weighted by Crippen LogP contribution is 2.16. The zero-order valence-electron chi connectivity index (χ0n) is 8.88. The average Bonchev–Trinajstić information content (AvgIpc) is 2.17. The van der Waals surface area contributed by atoms with E-state index in [1.807, 2.05) is 43.3 Å². The summed E-state index contributed by atoms with van der Waals surface area (Å²) >= 11 is 0. The molecule has 0 aliphatic rings. The second-order valence-electron chi connectivity index (χ2n) is 3.24. The zero-order chi connectivity index (χ0) is 9.84. The molecule has 0 aromatic heterocycles. The molecule has 3 N–H and O–H groups in total. The van der Waals surface area contributed by atoms with E-state index in [2.05, 4.69) is 0 Å². The highest BCUT2D eigenvalue weighted by molar-refractivity contribution is 5.85. The third-order valence-electron chi connectivity index (χ3n) is 2.02. The van der Waals surface area contributed by atoms with Crippen molar-refractivity contribution < 1.29 is 5.11 Å². The SMILES string of the molecule is CN(C)c1ccc(C(O)CN)cc1.Cl.Cl. The fourth-order valence-electron chi connectivity index (χ4n) is 1.13. The number of anilines is 1. The number of halogens is 2. The fourth-order valence-corrected chi connectivity index (χ4v) is 1.13. The molecule has 1 aromatic carbocycles. The van der Waals surface area contributed by atoms with Gasteiger partial charge in [-0.3, -0.25) is 0 Å². The largest absolute Gasteiger partial charge is 0.387 e. The highest BCUT2D eigenvalue weighted by atomic mass is 35.5. The summed E-state index contributed by atoms with van der Waals surface area (Å²) in [6.45, 7) is 0.265. The molecule has 15 heavy (non-hydrogen) atoms. The molecular formula is C10H18Cl2N2O. The standard InChI is InChI=1S/C10H16N2O.2ClH/c1-12(2)9-5-3-8(4-6-9)10(13)7-11;;/h3-6,10,13H,7,11H2,1-2H3;2*1H. The molecule has 1 aromatic rings. The van der Waals surface area contributed by atoms with Gasteiger partial charge in [-0.15, -0.1) is 24.8 Å². The topological polar surface area (TPSA) is 49.5 Å². The van der Waals surface area contributed by atoms with Crippen molar-refractivity contribution in [3.05, 3.63) is 29.8 Å². The number of hydrogen-bond donors (Lipinski definition) is 2. The fraction of sp³-hybridized carbons (Fsp3) is 0.400. The van der Waals surface area contributed by atoms with Gasteiger partial charge in [0, 0.05) is 26.3 Å². The molecular weight excluding hydrogens is 235 g/mol. The second kappa shape index (κ2) is 7.77. The van der Waals surface area contributed by atoms with Crippen LogP contribution in [-0.4, -0.2) is 25.7 Å². The predicted octanol–water partition coefficient (Wildman–Crippen LogP) is 1.59. The van der Waals surface area contributed by atoms with Crippen LogP contribution in [0.15, 0.2) is 24.3 Å². The lowest BCUT2D eigenvalue weighted by Crippen LogP contribution is -2.12. The number of benzene rings is 1. The molecule has 0 spiro atoms. The summed E-state index contributed by atoms with van der Waals surface area (Å²) in [5.74, 6) is 0. The number of nitrogens with two attached hydrogens (primary N) is 1. The van der Waals surface area contributed by atoms with Gasteiger partial charge in [0.1, 0.15) is 0 Å². The minimum atomic E-state index is -0.545. The molecule has 0 heterocycles. The van der Waals surface area contributed by atoms with E-state index in [0.717, 1.165) is 11.3 Å². The third-order valence-corrected chi connectivity index (χ3v) is 2.02. The summed E-state index contributed by atoms with van der Waals surface area (Å²) < 4.78 is 0. The van der Waals surface area contributed by atoms with Crippen LogP contribution < -0.4 is 10.6 Å². The Balaban J connectivity index is 0. The Morgan fingerprint density at radius 3 is 2.00 bits per heavy atom. The van der Waals surface area contributed by atoms with E-state index in [1.165, 1.54) is 0 Å². The molecule has 1 rings (SSSR count). The molecule has 0 bridgehead atoms. The van der Waals surface area contributed by atoms with Crippen LogP contribution >= 0.6 is 24.8 Å². The van der Waals surface area contributed by atoms with E-state index in [9.17, 15) is 5.11 Å². The maximum Gasteiger partial charge on any atom is 0.0912 e. The van der Waals surface area contributed by atoms with Gasteiger partial charge >= 0.3 is 0 Å². The summed E-state index contributed by atoms with van der Waals surface area (Å²) in [6.07, 6.45) is -0.545. The summed E-state index contributed by atoms with van der Waals surface area (Å²) in [5, 5.41) is 9.42. The molecule has 1 atom stereocenters. The second-order valence-corrected chi connectivity index (χ2v) is 3.24. The lowest BCUT2D eigenvalue weighted by Gasteiger charge is -2.14. The average molecular weight is 253 g/mol. The Morgan fingerprint density at radius 2 is 1.67 bits per heavy atom. The van der Waals surface area contributed by atoms with Gasteiger partial charge in [0.05, 0.1) is 6.10 Å². The van der Waals surface area contributed by atoms with Crippen LogP contribution in [0.5, 0.6) is 0 Å². The first-order chi connectivity index (χ1) is 6.15. The van der Waals surface area contributed by atoms with Gasteiger partial charge < -0.3 is 15.7 Å². The Bertz CT molecular complexity index is 265. The Labute approximate surface area is 103 Å². The van der Waals surface area contributed by atoms with Gasteiger partial charge in [-0.2, -0.15) is 0 Å². The summed E-state index contributed by atoms with van der Waals surface area (Å²) in [7, 11) is 3.96. The molecule has 0 saturated carbocycles. The molecule has 0 amide bonds. The maximum atomic E-state index is 9.42. The Kier molecular flexibility index (Phi) is 8.77. The van der Waals surface area contributed by atoms with Crippen molar-refractivity contribution in [1.29, 1.82) is 0 Å². The van der Waals surface area contributed by atoms with Crippen LogP contribution in [0.1, 0.15) is 11.7 Å². The van der Waals surface area contributed by atoms with Gasteiger partial charge in [0.15, 0.2) is 0 Å². The van der Waals surface area contributed by atoms with Crippen LogP contribution in [0.3, 0.4) is 0 Å². The van der Waals surface area contributed by atoms with Crippen LogP contribution in [0.25, 0.3) is 0 Å². The van der Waals surface area contributed by atoms with E-state index >= 15 is 0 Å². The van der Waals surface area contributed by atoms with E-state index < -0.39 is 6.10 Å². The molecule has 0 radical (unpaired) electrons. The minimum Gasteiger partial charge on any atom is -0.387 e. The normalized spacial score (nSPS) is 10.9. The molecule has 0 fully saturated rings. The van der Waals surface area contributed by atoms with Crippen molar-refractivity contribution in [1.82, 2.24) is 0 Å². The number of hydrogen-bond acceptors (Lipinski definition) is 3. The maximum absolute atomic E-state index is 9.42. The van der Waals surface area contributed by atoms with Gasteiger partial charge in [-0.05, 0) is 17.7 Å². The summed E-state index contributed by atoms with van der Waals surface area (Å²) in [5.41, 5.74) is 7.33. The third kappa shape index (κ3) is 4.71. The van der Waals surface area contributed by atoms with Gasteiger partial charge in [0.2, 0.25) is 0 Å². The van der Waals surface area contributed by atoms with E-state index in [0.29, 0.717) is 0 Å². The first-order valence-corrected chi connectivity index (χ1v) is 4.30. The first-order valence-electron chi connectivity index (χ1n) is 4.30. The zero-order valence-corrected chi connectivity index (χ0v) is 10.5. The van der Waals surface area contributed by atoms with Crippen LogP contribution in [0.4, 0.5) is 5.69 Å². The smallest absolute Gasteiger partial charge is 0.0912 e. The minimum absolute atomic E-state index is 0. The molecule has 0 aliphatic carbocycles. The number of rotatable bonds is 3. The van der Waals surface area contributed by atoms with Gasteiger partial charge in [-0.1, -0.05) is 12.1 Å². The van der Waals surface area contributed by atoms with Gasteiger partial charge in [-0.25, -0.2) is 0 Å². The van der Waals surface area contributed by atoms with Crippen LogP contribution in [0.2, 0.25) is 0 Å². The van der Waals surface area contributed by atoms with E-state index in [1.54, 1.807) is 0 Å². The molecule has 0 saturated heterocycles. The number of aliphatic hydroxyl groups is 1. The number of aliphatic hydroxyl groups excluding tert-OH is 1. The van der Waals surface area contributed by atoms with Crippen molar-refractivity contribution in [3.8, 4) is 0 Å². The first kappa shape index (κ1) is 16.9. The van der Waals surface area contributed by atoms with Crippen molar-refractivity contribution >= 4 is 30.5 Å². The Morgan fingerprint density at radius 1 is 1.20 bits per heavy atom. The van der Waals surface area contributed by atoms with E-state index in [-0.39, 0.29) is 31.4 Å². The van der Waals surface area contributed by atoms with Crippen molar-refractivity contribution in [2.24, 2.45) is 5.73 Å².